The predicted molar refractivity (Wildman–Crippen MR) is 232 cm³/mol. The van der Waals surface area contributed by atoms with E-state index >= 15 is 0 Å². The minimum absolute atomic E-state index is 0.0103. The largest absolute Gasteiger partial charge is 0.465 e. The highest BCUT2D eigenvalue weighted by molar-refractivity contribution is 5.93. The Kier molecular flexibility index (Phi) is 34.1. The van der Waals surface area contributed by atoms with Gasteiger partial charge in [-0.15, -0.1) is 0 Å². The number of carbonyl (C=O) groups is 7. The van der Waals surface area contributed by atoms with Crippen LogP contribution < -0.4 is 16.0 Å². The van der Waals surface area contributed by atoms with Gasteiger partial charge in [-0.05, 0) is 75.2 Å². The molecule has 21 heteroatoms. The van der Waals surface area contributed by atoms with Crippen LogP contribution in [0.1, 0.15) is 88.5 Å². The van der Waals surface area contributed by atoms with Crippen LogP contribution in [-0.2, 0) is 71.4 Å². The summed E-state index contributed by atoms with van der Waals surface area (Å²) in [5.74, 6) is -2.52. The van der Waals surface area contributed by atoms with Gasteiger partial charge >= 0.3 is 18.0 Å². The van der Waals surface area contributed by atoms with E-state index in [2.05, 4.69) is 20.7 Å². The van der Waals surface area contributed by atoms with E-state index in [0.29, 0.717) is 65.7 Å². The Morgan fingerprint density at radius 2 is 1.10 bits per heavy atom. The van der Waals surface area contributed by atoms with Crippen LogP contribution in [0.15, 0.2) is 0 Å². The van der Waals surface area contributed by atoms with Crippen LogP contribution >= 0.6 is 0 Å². The first-order valence-electron chi connectivity index (χ1n) is 21.4. The molecule has 0 radical (unpaired) electrons. The summed E-state index contributed by atoms with van der Waals surface area (Å²) in [4.78, 5) is 89.7. The highest BCUT2D eigenvalue weighted by Gasteiger charge is 2.40. The van der Waals surface area contributed by atoms with E-state index in [1.165, 1.54) is 4.90 Å². The zero-order chi connectivity index (χ0) is 48.3. The quantitative estimate of drug-likeness (QED) is 0.0360. The normalized spacial score (nSPS) is 11.9. The zero-order valence-corrected chi connectivity index (χ0v) is 40.0. The van der Waals surface area contributed by atoms with Gasteiger partial charge in [0.05, 0.1) is 79.3 Å². The third-order valence-electron chi connectivity index (χ3n) is 8.89. The molecule has 0 saturated carbocycles. The molecule has 63 heavy (non-hydrogen) atoms. The molecule has 1 unspecified atom stereocenters. The molecule has 1 atom stereocenters. The molecule has 5 amide bonds. The van der Waals surface area contributed by atoms with Gasteiger partial charge in [-0.1, -0.05) is 6.92 Å². The number of hydrogen-bond donors (Lipinski definition) is 3. The molecule has 0 aliphatic rings. The van der Waals surface area contributed by atoms with Crippen molar-refractivity contribution in [1.29, 1.82) is 0 Å². The number of alkyl carbamates (subject to hydrolysis) is 1. The molecule has 0 aromatic rings. The molecular formula is C42H79N5O16. The highest BCUT2D eigenvalue weighted by atomic mass is 16.6. The Labute approximate surface area is 374 Å². The molecule has 3 N–H and O–H groups in total. The summed E-state index contributed by atoms with van der Waals surface area (Å²) < 4.78 is 47.2. The average Bonchev–Trinajstić information content (AvgIpc) is 3.21. The van der Waals surface area contributed by atoms with Crippen LogP contribution in [0, 0.1) is 0 Å². The third-order valence-corrected chi connectivity index (χ3v) is 8.89. The van der Waals surface area contributed by atoms with E-state index in [0.717, 1.165) is 0 Å². The van der Waals surface area contributed by atoms with Crippen molar-refractivity contribution in [1.82, 2.24) is 25.8 Å². The summed E-state index contributed by atoms with van der Waals surface area (Å²) in [5, 5.41) is 7.41. The van der Waals surface area contributed by atoms with Crippen molar-refractivity contribution in [2.75, 3.05) is 120 Å². The molecule has 0 fully saturated rings. The smallest absolute Gasteiger partial charge is 0.408 e. The molecular weight excluding hydrogens is 830 g/mol. The fraction of sp³-hybridized carbons (Fsp3) is 0.833. The molecule has 0 aliphatic heterocycles. The predicted octanol–water partition coefficient (Wildman–Crippen LogP) is 1.62. The third kappa shape index (κ3) is 29.8. The Hall–Kier alpha value is -4.15. The number of carbonyl (C=O) groups excluding carboxylic acids is 7. The van der Waals surface area contributed by atoms with Crippen LogP contribution in [0.5, 0.6) is 0 Å². The molecule has 0 aromatic heterocycles. The summed E-state index contributed by atoms with van der Waals surface area (Å²) in [6, 6.07) is -1.16. The lowest BCUT2D eigenvalue weighted by Gasteiger charge is -2.40. The van der Waals surface area contributed by atoms with Crippen molar-refractivity contribution in [3.8, 4) is 0 Å². The maximum atomic E-state index is 14.3. The number of amides is 5. The molecule has 0 heterocycles. The lowest BCUT2D eigenvalue weighted by molar-refractivity contribution is -0.149. The molecule has 0 spiro atoms. The number of ether oxygens (including phenoxy) is 9. The van der Waals surface area contributed by atoms with E-state index in [1.807, 2.05) is 20.8 Å². The topological polar surface area (TPSA) is 245 Å². The molecule has 21 nitrogen and oxygen atoms in total. The number of nitrogens with one attached hydrogen (secondary N) is 3. The monoisotopic (exact) mass is 910 g/mol. The minimum atomic E-state index is -1.44. The van der Waals surface area contributed by atoms with Crippen LogP contribution in [0.3, 0.4) is 0 Å². The standard InChI is InChI=1S/C37H70N4O13.C5H9NO3/c1-12-36(6,7)41(17-19-50-25-27-52-23-21-48-11)32(44)29(39-34(46)54-35(3,4)5)14-15-30(42)40(16-18-49-24-26-51-22-20-47-10)37(8,9)33(45)38-28-31(43)53-13-2;1-2-9-5(8)3-6-4-7/h29H,12-28H2,1-11H3,(H,38,45)(H,39,46);4H,2-3H2,1H3,(H,6,7). The van der Waals surface area contributed by atoms with Crippen molar-refractivity contribution in [3.63, 3.8) is 0 Å². The van der Waals surface area contributed by atoms with Gasteiger partial charge in [-0.25, -0.2) is 4.79 Å². The zero-order valence-electron chi connectivity index (χ0n) is 40.0. The van der Waals surface area contributed by atoms with Gasteiger partial charge in [0.25, 0.3) is 0 Å². The highest BCUT2D eigenvalue weighted by Crippen LogP contribution is 2.23. The molecule has 368 valence electrons. The molecule has 0 saturated heterocycles. The van der Waals surface area contributed by atoms with Crippen molar-refractivity contribution >= 4 is 42.2 Å². The molecule has 0 aliphatic carbocycles. The second kappa shape index (κ2) is 35.2. The van der Waals surface area contributed by atoms with Crippen molar-refractivity contribution < 1.29 is 76.2 Å². The lowest BCUT2D eigenvalue weighted by atomic mass is 9.96. The molecule has 0 bridgehead atoms. The van der Waals surface area contributed by atoms with Gasteiger partial charge in [-0.3, -0.25) is 28.8 Å². The molecule has 0 aromatic carbocycles. The van der Waals surface area contributed by atoms with Gasteiger partial charge < -0.3 is 68.4 Å². The summed E-state index contributed by atoms with van der Waals surface area (Å²) in [5.41, 5.74) is -2.93. The van der Waals surface area contributed by atoms with Gasteiger partial charge in [0, 0.05) is 39.3 Å². The number of esters is 2. The van der Waals surface area contributed by atoms with Crippen LogP contribution in [0.4, 0.5) is 4.79 Å². The van der Waals surface area contributed by atoms with Crippen LogP contribution in [0.25, 0.3) is 0 Å². The van der Waals surface area contributed by atoms with Crippen LogP contribution in [-0.4, -0.2) is 194 Å². The Balaban J connectivity index is 0. The first-order valence-corrected chi connectivity index (χ1v) is 21.4. The summed E-state index contributed by atoms with van der Waals surface area (Å²) in [6.07, 6.45) is -0.0964. The summed E-state index contributed by atoms with van der Waals surface area (Å²) in [6.45, 7) is 20.9. The first-order chi connectivity index (χ1) is 29.7. The van der Waals surface area contributed by atoms with Crippen molar-refractivity contribution in [2.45, 2.75) is 111 Å². The minimum Gasteiger partial charge on any atom is -0.465 e. The number of nitrogens with zero attached hydrogens (tertiary/aromatic N) is 2. The van der Waals surface area contributed by atoms with Crippen molar-refractivity contribution in [3.05, 3.63) is 0 Å². The number of hydrogen-bond acceptors (Lipinski definition) is 16. The maximum absolute atomic E-state index is 14.3. The van der Waals surface area contributed by atoms with Crippen LogP contribution in [0.2, 0.25) is 0 Å². The number of rotatable bonds is 34. The first kappa shape index (κ1) is 60.9. The van der Waals surface area contributed by atoms with E-state index in [4.69, 9.17) is 37.9 Å². The van der Waals surface area contributed by atoms with Gasteiger partial charge in [0.2, 0.25) is 24.1 Å². The fourth-order valence-electron chi connectivity index (χ4n) is 5.20. The SMILES string of the molecule is CCOC(=O)CNC(=O)C(C)(C)N(CCOCCOCCOC)C(=O)CCC(NC(=O)OC(C)(C)C)C(=O)N(CCOCCOCCOC)C(C)(C)CC.CCOC(=O)CNC=O. The lowest BCUT2D eigenvalue weighted by Crippen LogP contribution is -2.59. The maximum Gasteiger partial charge on any atom is 0.408 e. The fourth-order valence-corrected chi connectivity index (χ4v) is 5.20. The van der Waals surface area contributed by atoms with E-state index in [1.54, 1.807) is 67.6 Å². The summed E-state index contributed by atoms with van der Waals surface area (Å²) in [7, 11) is 3.16. The van der Waals surface area contributed by atoms with Crippen molar-refractivity contribution in [2.24, 2.45) is 0 Å². The van der Waals surface area contributed by atoms with E-state index < -0.39 is 58.5 Å². The Morgan fingerprint density at radius 1 is 0.635 bits per heavy atom. The Morgan fingerprint density at radius 3 is 1.54 bits per heavy atom. The second-order valence-corrected chi connectivity index (χ2v) is 15.7. The summed E-state index contributed by atoms with van der Waals surface area (Å²) >= 11 is 0. The molecule has 0 rings (SSSR count). The second-order valence-electron chi connectivity index (χ2n) is 15.7. The Bertz CT molecular complexity index is 1310. The van der Waals surface area contributed by atoms with Gasteiger partial charge in [0.1, 0.15) is 30.3 Å². The van der Waals surface area contributed by atoms with E-state index in [-0.39, 0.29) is 65.4 Å². The number of methoxy groups -OCH3 is 2. The average molecular weight is 910 g/mol. The van der Waals surface area contributed by atoms with E-state index in [9.17, 15) is 33.6 Å². The van der Waals surface area contributed by atoms with Gasteiger partial charge in [-0.2, -0.15) is 0 Å². The van der Waals surface area contributed by atoms with Gasteiger partial charge in [0.15, 0.2) is 0 Å².